The molecule has 0 fully saturated rings. The van der Waals surface area contributed by atoms with Crippen molar-refractivity contribution in [1.82, 2.24) is 9.97 Å². The minimum absolute atomic E-state index is 0.0530. The van der Waals surface area contributed by atoms with Gasteiger partial charge in [-0.1, -0.05) is 0 Å². The van der Waals surface area contributed by atoms with Gasteiger partial charge in [0.15, 0.2) is 0 Å². The molecule has 0 saturated heterocycles. The van der Waals surface area contributed by atoms with E-state index in [0.29, 0.717) is 18.1 Å². The molecule has 0 aromatic carbocycles. The van der Waals surface area contributed by atoms with Gasteiger partial charge in [0.25, 0.3) is 11.6 Å². The summed E-state index contributed by atoms with van der Waals surface area (Å²) in [7, 11) is 0. The molecule has 0 bridgehead atoms. The average Bonchev–Trinajstić information content (AvgIpc) is 2.48. The summed E-state index contributed by atoms with van der Waals surface area (Å²) in [5, 5.41) is 16.5. The largest absolute Gasteiger partial charge is 0.370 e. The number of rotatable bonds is 5. The summed E-state index contributed by atoms with van der Waals surface area (Å²) in [5.41, 5.74) is 0.108. The molecular formula is C13H13N5O3. The molecule has 2 N–H and O–H groups in total. The van der Waals surface area contributed by atoms with Crippen molar-refractivity contribution in [2.24, 2.45) is 0 Å². The van der Waals surface area contributed by atoms with Crippen LogP contribution in [0.1, 0.15) is 17.3 Å². The van der Waals surface area contributed by atoms with Gasteiger partial charge in [0.2, 0.25) is 0 Å². The van der Waals surface area contributed by atoms with Gasteiger partial charge in [-0.25, -0.2) is 4.98 Å². The number of hydrogen-bond acceptors (Lipinski definition) is 6. The number of carbonyl (C=O) groups is 1. The van der Waals surface area contributed by atoms with Crippen LogP contribution in [0.25, 0.3) is 0 Å². The van der Waals surface area contributed by atoms with E-state index in [0.717, 1.165) is 6.20 Å². The summed E-state index contributed by atoms with van der Waals surface area (Å²) in [5.74, 6) is -0.169. The lowest BCUT2D eigenvalue weighted by molar-refractivity contribution is -0.385. The van der Waals surface area contributed by atoms with Gasteiger partial charge in [-0.3, -0.25) is 19.9 Å². The fourth-order valence-corrected chi connectivity index (χ4v) is 1.69. The van der Waals surface area contributed by atoms with E-state index in [1.54, 1.807) is 12.1 Å². The van der Waals surface area contributed by atoms with Crippen molar-refractivity contribution < 1.29 is 9.72 Å². The van der Waals surface area contributed by atoms with E-state index in [9.17, 15) is 14.9 Å². The van der Waals surface area contributed by atoms with Crippen molar-refractivity contribution >= 4 is 23.1 Å². The minimum atomic E-state index is -0.635. The third-order valence-electron chi connectivity index (χ3n) is 2.62. The number of carbonyl (C=O) groups excluding carboxylic acids is 1. The molecule has 2 heterocycles. The van der Waals surface area contributed by atoms with Gasteiger partial charge in [0.05, 0.1) is 4.92 Å². The van der Waals surface area contributed by atoms with Gasteiger partial charge >= 0.3 is 0 Å². The SMILES string of the molecule is CCNc1cc(C(=O)Nc2ccncc2)c([N+](=O)[O-])cn1. The highest BCUT2D eigenvalue weighted by atomic mass is 16.6. The first-order valence-electron chi connectivity index (χ1n) is 6.21. The Morgan fingerprint density at radius 1 is 1.38 bits per heavy atom. The monoisotopic (exact) mass is 287 g/mol. The summed E-state index contributed by atoms with van der Waals surface area (Å²) < 4.78 is 0. The quantitative estimate of drug-likeness (QED) is 0.643. The third kappa shape index (κ3) is 3.50. The first-order chi connectivity index (χ1) is 10.1. The van der Waals surface area contributed by atoms with Crippen LogP contribution in [-0.4, -0.2) is 27.3 Å². The van der Waals surface area contributed by atoms with E-state index in [4.69, 9.17) is 0 Å². The summed E-state index contributed by atoms with van der Waals surface area (Å²) in [6, 6.07) is 4.55. The molecule has 0 aliphatic heterocycles. The molecule has 0 atom stereocenters. The lowest BCUT2D eigenvalue weighted by Crippen LogP contribution is -2.15. The van der Waals surface area contributed by atoms with Crippen LogP contribution in [0.15, 0.2) is 36.8 Å². The molecule has 0 spiro atoms. The number of amides is 1. The van der Waals surface area contributed by atoms with Crippen LogP contribution in [0, 0.1) is 10.1 Å². The molecule has 2 rings (SSSR count). The summed E-state index contributed by atoms with van der Waals surface area (Å²) in [6.07, 6.45) is 4.10. The number of anilines is 2. The summed E-state index contributed by atoms with van der Waals surface area (Å²) >= 11 is 0. The molecule has 8 nitrogen and oxygen atoms in total. The van der Waals surface area contributed by atoms with Gasteiger partial charge in [-0.05, 0) is 19.1 Å². The number of pyridine rings is 2. The van der Waals surface area contributed by atoms with E-state index < -0.39 is 10.8 Å². The predicted molar refractivity (Wildman–Crippen MR) is 77.2 cm³/mol. The van der Waals surface area contributed by atoms with E-state index >= 15 is 0 Å². The maximum Gasteiger partial charge on any atom is 0.300 e. The summed E-state index contributed by atoms with van der Waals surface area (Å²) in [6.45, 7) is 2.45. The Bertz CT molecular complexity index is 660. The number of nitrogens with one attached hydrogen (secondary N) is 2. The van der Waals surface area contributed by atoms with Gasteiger partial charge in [0, 0.05) is 30.7 Å². The fraction of sp³-hybridized carbons (Fsp3) is 0.154. The Balaban J connectivity index is 2.33. The van der Waals surface area contributed by atoms with Crippen molar-refractivity contribution in [1.29, 1.82) is 0 Å². The summed E-state index contributed by atoms with van der Waals surface area (Å²) in [4.78, 5) is 30.3. The van der Waals surface area contributed by atoms with Crippen LogP contribution in [0.2, 0.25) is 0 Å². The smallest absolute Gasteiger partial charge is 0.300 e. The van der Waals surface area contributed by atoms with Gasteiger partial charge in [-0.15, -0.1) is 0 Å². The van der Waals surface area contributed by atoms with Crippen LogP contribution < -0.4 is 10.6 Å². The molecule has 0 radical (unpaired) electrons. The average molecular weight is 287 g/mol. The van der Waals surface area contributed by atoms with E-state index in [1.165, 1.54) is 18.5 Å². The van der Waals surface area contributed by atoms with Crippen LogP contribution >= 0.6 is 0 Å². The highest BCUT2D eigenvalue weighted by molar-refractivity contribution is 6.07. The number of nitro groups is 1. The molecule has 0 saturated carbocycles. The van der Waals surface area contributed by atoms with Crippen LogP contribution in [-0.2, 0) is 0 Å². The molecule has 2 aromatic rings. The lowest BCUT2D eigenvalue weighted by Gasteiger charge is -2.07. The zero-order valence-corrected chi connectivity index (χ0v) is 11.2. The molecule has 8 heteroatoms. The topological polar surface area (TPSA) is 110 Å². The molecule has 1 amide bonds. The van der Waals surface area contributed by atoms with Gasteiger partial charge in [0.1, 0.15) is 17.6 Å². The van der Waals surface area contributed by atoms with Crippen LogP contribution in [0.3, 0.4) is 0 Å². The first-order valence-corrected chi connectivity index (χ1v) is 6.21. The number of hydrogen-bond donors (Lipinski definition) is 2. The molecule has 108 valence electrons. The van der Waals surface area contributed by atoms with E-state index in [-0.39, 0.29) is 11.3 Å². The van der Waals surface area contributed by atoms with Crippen molar-refractivity contribution in [2.75, 3.05) is 17.2 Å². The van der Waals surface area contributed by atoms with E-state index in [1.807, 2.05) is 6.92 Å². The van der Waals surface area contributed by atoms with Crippen molar-refractivity contribution in [3.63, 3.8) is 0 Å². The molecule has 0 aliphatic rings. The molecule has 2 aromatic heterocycles. The highest BCUT2D eigenvalue weighted by Gasteiger charge is 2.21. The standard InChI is InChI=1S/C13H13N5O3/c1-2-15-12-7-10(11(8-16-12)18(20)21)13(19)17-9-3-5-14-6-4-9/h3-8H,2H2,1H3,(H,15,16)(H,14,17,19). The Morgan fingerprint density at radius 2 is 2.10 bits per heavy atom. The third-order valence-corrected chi connectivity index (χ3v) is 2.62. The molecule has 21 heavy (non-hydrogen) atoms. The number of aromatic nitrogens is 2. The Kier molecular flexibility index (Phi) is 4.39. The van der Waals surface area contributed by atoms with Gasteiger partial charge in [-0.2, -0.15) is 0 Å². The van der Waals surface area contributed by atoms with Crippen molar-refractivity contribution in [2.45, 2.75) is 6.92 Å². The second-order valence-electron chi connectivity index (χ2n) is 4.06. The Morgan fingerprint density at radius 3 is 2.71 bits per heavy atom. The molecule has 0 aliphatic carbocycles. The van der Waals surface area contributed by atoms with Gasteiger partial charge < -0.3 is 10.6 Å². The zero-order chi connectivity index (χ0) is 15.2. The Hall–Kier alpha value is -3.03. The highest BCUT2D eigenvalue weighted by Crippen LogP contribution is 2.21. The Labute approximate surface area is 120 Å². The van der Waals surface area contributed by atoms with Crippen molar-refractivity contribution in [3.8, 4) is 0 Å². The maximum atomic E-state index is 12.2. The second kappa shape index (κ2) is 6.42. The second-order valence-corrected chi connectivity index (χ2v) is 4.06. The minimum Gasteiger partial charge on any atom is -0.370 e. The first kappa shape index (κ1) is 14.4. The van der Waals surface area contributed by atoms with Crippen LogP contribution in [0.4, 0.5) is 17.2 Å². The van der Waals surface area contributed by atoms with Crippen LogP contribution in [0.5, 0.6) is 0 Å². The normalized spacial score (nSPS) is 9.95. The molecular weight excluding hydrogens is 274 g/mol. The lowest BCUT2D eigenvalue weighted by atomic mass is 10.2. The van der Waals surface area contributed by atoms with E-state index in [2.05, 4.69) is 20.6 Å². The maximum absolute atomic E-state index is 12.2. The molecule has 0 unspecified atom stereocenters. The zero-order valence-electron chi connectivity index (χ0n) is 11.2. The van der Waals surface area contributed by atoms with Crippen molar-refractivity contribution in [3.05, 3.63) is 52.5 Å². The predicted octanol–water partition coefficient (Wildman–Crippen LogP) is 2.07. The fourth-order valence-electron chi connectivity index (χ4n) is 1.69. The number of nitrogens with zero attached hydrogens (tertiary/aromatic N) is 3.